The highest BCUT2D eigenvalue weighted by atomic mass is 19.1. The molecule has 0 radical (unpaired) electrons. The molecule has 3 aromatic carbocycles. The fourth-order valence-electron chi connectivity index (χ4n) is 9.23. The molecule has 3 saturated heterocycles. The number of benzene rings is 3. The van der Waals surface area contributed by atoms with Crippen molar-refractivity contribution >= 4 is 56.8 Å². The molecule has 3 aliphatic rings. The zero-order valence-electron chi connectivity index (χ0n) is 37.1. The number of carbonyl (C=O) groups excluding carboxylic acids is 3. The number of ether oxygens (including phenoxy) is 1. The van der Waals surface area contributed by atoms with Gasteiger partial charge in [-0.3, -0.25) is 24.7 Å². The van der Waals surface area contributed by atoms with Crippen LogP contribution in [0, 0.1) is 18.7 Å². The van der Waals surface area contributed by atoms with Gasteiger partial charge < -0.3 is 29.4 Å². The molecule has 334 valence electrons. The van der Waals surface area contributed by atoms with Crippen LogP contribution in [-0.2, 0) is 10.2 Å². The third kappa shape index (κ3) is 8.31. The molecule has 64 heavy (non-hydrogen) atoms. The number of piperazine rings is 1. The van der Waals surface area contributed by atoms with Gasteiger partial charge in [0, 0.05) is 86.5 Å². The lowest BCUT2D eigenvalue weighted by molar-refractivity contribution is -0.120. The summed E-state index contributed by atoms with van der Waals surface area (Å²) in [5, 5.41) is 10.6. The van der Waals surface area contributed by atoms with Gasteiger partial charge >= 0.3 is 6.03 Å². The van der Waals surface area contributed by atoms with Crippen LogP contribution >= 0.6 is 0 Å². The van der Waals surface area contributed by atoms with Crippen molar-refractivity contribution in [1.82, 2.24) is 40.6 Å². The van der Waals surface area contributed by atoms with E-state index in [0.29, 0.717) is 58.2 Å². The van der Waals surface area contributed by atoms with Crippen LogP contribution in [0.2, 0.25) is 0 Å². The fraction of sp³-hybridized carbons (Fsp3) is 0.426. The lowest BCUT2D eigenvalue weighted by Gasteiger charge is -2.40. The Kier molecular flexibility index (Phi) is 11.4. The Labute approximate surface area is 370 Å². The summed E-state index contributed by atoms with van der Waals surface area (Å²) in [7, 11) is 1.67. The van der Waals surface area contributed by atoms with Crippen LogP contribution in [-0.4, -0.2) is 107 Å². The number of hydrogen-bond donors (Lipinski definition) is 3. The molecule has 9 rings (SSSR count). The first kappa shape index (κ1) is 42.7. The molecule has 16 nitrogen and oxygen atoms in total. The van der Waals surface area contributed by atoms with Crippen molar-refractivity contribution in [2.24, 2.45) is 5.92 Å². The van der Waals surface area contributed by atoms with E-state index in [0.717, 1.165) is 92.4 Å². The maximum Gasteiger partial charge on any atom is 0.328 e. The number of methoxy groups -OCH3 is 1. The number of aromatic amines is 1. The number of halogens is 1. The maximum absolute atomic E-state index is 16.5. The van der Waals surface area contributed by atoms with Gasteiger partial charge in [0.1, 0.15) is 23.5 Å². The number of nitrogens with one attached hydrogen (secondary N) is 3. The van der Waals surface area contributed by atoms with Crippen molar-refractivity contribution in [3.63, 3.8) is 0 Å². The quantitative estimate of drug-likeness (QED) is 0.130. The van der Waals surface area contributed by atoms with Crippen LogP contribution < -0.4 is 30.1 Å². The zero-order valence-corrected chi connectivity index (χ0v) is 37.1. The van der Waals surface area contributed by atoms with Gasteiger partial charge in [0.2, 0.25) is 11.8 Å². The average Bonchev–Trinajstić information content (AvgIpc) is 3.94. The molecule has 0 unspecified atom stereocenters. The van der Waals surface area contributed by atoms with E-state index in [1.807, 2.05) is 45.0 Å². The summed E-state index contributed by atoms with van der Waals surface area (Å²) in [5.41, 5.74) is 5.75. The highest BCUT2D eigenvalue weighted by Crippen LogP contribution is 2.41. The van der Waals surface area contributed by atoms with Crippen molar-refractivity contribution in [2.45, 2.75) is 65.3 Å². The number of anilines is 3. The van der Waals surface area contributed by atoms with E-state index in [4.69, 9.17) is 9.26 Å². The summed E-state index contributed by atoms with van der Waals surface area (Å²) < 4.78 is 27.8. The molecule has 4 amide bonds. The normalized spacial score (nSPS) is 17.3. The molecule has 1 atom stereocenters. The topological polar surface area (TPSA) is 178 Å². The van der Waals surface area contributed by atoms with Crippen LogP contribution in [0.4, 0.5) is 26.2 Å². The monoisotopic (exact) mass is 871 g/mol. The largest absolute Gasteiger partial charge is 0.495 e. The van der Waals surface area contributed by atoms with E-state index < -0.39 is 23.2 Å². The van der Waals surface area contributed by atoms with E-state index in [-0.39, 0.29) is 17.8 Å². The number of rotatable bonds is 10. The van der Waals surface area contributed by atoms with Crippen molar-refractivity contribution in [3.8, 4) is 17.0 Å². The third-order valence-electron chi connectivity index (χ3n) is 12.9. The number of hydrogen-bond acceptors (Lipinski definition) is 12. The van der Waals surface area contributed by atoms with E-state index in [1.165, 1.54) is 6.33 Å². The maximum atomic E-state index is 16.5. The van der Waals surface area contributed by atoms with Gasteiger partial charge in [0.15, 0.2) is 0 Å². The van der Waals surface area contributed by atoms with Gasteiger partial charge in [-0.1, -0.05) is 32.0 Å². The minimum absolute atomic E-state index is 0.0755. The first-order valence-electron chi connectivity index (χ1n) is 22.0. The number of aromatic nitrogens is 5. The van der Waals surface area contributed by atoms with E-state index in [9.17, 15) is 14.4 Å². The molecule has 0 aliphatic carbocycles. The summed E-state index contributed by atoms with van der Waals surface area (Å²) in [6.07, 6.45) is 3.97. The third-order valence-corrected chi connectivity index (χ3v) is 12.9. The van der Waals surface area contributed by atoms with Crippen molar-refractivity contribution < 1.29 is 28.0 Å². The molecular formula is C47H54FN11O5. The van der Waals surface area contributed by atoms with Crippen molar-refractivity contribution in [1.29, 1.82) is 0 Å². The fourth-order valence-corrected chi connectivity index (χ4v) is 9.23. The lowest BCUT2D eigenvalue weighted by atomic mass is 9.95. The lowest BCUT2D eigenvalue weighted by Crippen LogP contribution is -2.49. The Bertz CT molecular complexity index is 2730. The number of fused-ring (bicyclic) bond motifs is 3. The van der Waals surface area contributed by atoms with Crippen molar-refractivity contribution in [3.05, 3.63) is 83.5 Å². The summed E-state index contributed by atoms with van der Waals surface area (Å²) in [4.78, 5) is 62.7. The average molecular weight is 872 g/mol. The van der Waals surface area contributed by atoms with E-state index >= 15 is 4.39 Å². The number of imide groups is 1. The van der Waals surface area contributed by atoms with Gasteiger partial charge in [-0.25, -0.2) is 19.2 Å². The summed E-state index contributed by atoms with van der Waals surface area (Å²) in [5.74, 6) is 0.433. The predicted octanol–water partition coefficient (Wildman–Crippen LogP) is 6.89. The van der Waals surface area contributed by atoms with Crippen LogP contribution in [0.25, 0.3) is 33.2 Å². The first-order valence-corrected chi connectivity index (χ1v) is 22.0. The standard InChI is InChI=1S/C47H54FN11O5/c1-27-32(28(2)51-44(61)43-54-45(64-55-43)47(3,4)5)11-12-33(40(27)48)41-39-34-23-37(63-6)36(24-35(34)52-42(39)50-26-49-41)58-21-19-56(20-22-58)25-29-13-16-57(17-14-29)30-7-9-31(10-8-30)59-18-15-38(60)53-46(59)62/h7-12,23-24,26,28-29H,13-22,25H2,1-6H3,(H,51,61)(H,49,50,52)(H,53,60,62)/t28-/m1/s1. The van der Waals surface area contributed by atoms with Gasteiger partial charge in [0.05, 0.1) is 35.4 Å². The molecule has 0 saturated carbocycles. The smallest absolute Gasteiger partial charge is 0.328 e. The minimum atomic E-state index is -0.542. The van der Waals surface area contributed by atoms with E-state index in [1.54, 1.807) is 31.9 Å². The second kappa shape index (κ2) is 17.2. The number of nitrogens with zero attached hydrogens (tertiary/aromatic N) is 8. The Morgan fingerprint density at radius 2 is 1.70 bits per heavy atom. The number of amides is 4. The van der Waals surface area contributed by atoms with Crippen molar-refractivity contribution in [2.75, 3.05) is 74.2 Å². The molecule has 0 spiro atoms. The SMILES string of the molecule is COc1cc2c(cc1N1CCN(CC3CCN(c4ccc(N5CCC(=O)NC5=O)cc4)CC3)CC1)[nH]c1ncnc(-c3ccc([C@@H](C)NC(=O)c4noc(C(C)(C)C)n4)c(C)c3F)c12. The Balaban J connectivity index is 0.843. The molecule has 6 aromatic rings. The molecule has 0 bridgehead atoms. The Morgan fingerprint density at radius 1 is 0.969 bits per heavy atom. The molecule has 3 N–H and O–H groups in total. The molecule has 3 aromatic heterocycles. The van der Waals surface area contributed by atoms with Gasteiger partial charge in [-0.05, 0) is 86.2 Å². The second-order valence-electron chi connectivity index (χ2n) is 18.1. The zero-order chi connectivity index (χ0) is 44.9. The predicted molar refractivity (Wildman–Crippen MR) is 242 cm³/mol. The number of carbonyl (C=O) groups is 3. The second-order valence-corrected chi connectivity index (χ2v) is 18.1. The highest BCUT2D eigenvalue weighted by molar-refractivity contribution is 6.13. The van der Waals surface area contributed by atoms with Gasteiger partial charge in [0.25, 0.3) is 11.7 Å². The number of urea groups is 1. The number of H-pyrrole nitrogens is 1. The van der Waals surface area contributed by atoms with Crippen LogP contribution in [0.3, 0.4) is 0 Å². The van der Waals surface area contributed by atoms with Gasteiger partial charge in [-0.2, -0.15) is 4.98 Å². The van der Waals surface area contributed by atoms with Crippen LogP contribution in [0.1, 0.15) is 80.6 Å². The summed E-state index contributed by atoms with van der Waals surface area (Å²) in [6, 6.07) is 14.8. The number of piperidine rings is 1. The van der Waals surface area contributed by atoms with Crippen LogP contribution in [0.5, 0.6) is 5.75 Å². The molecule has 3 aliphatic heterocycles. The highest BCUT2D eigenvalue weighted by Gasteiger charge is 2.29. The van der Waals surface area contributed by atoms with E-state index in [2.05, 4.69) is 68.6 Å². The Hall–Kier alpha value is -6.62. The molecule has 3 fully saturated rings. The molecule has 6 heterocycles. The molecule has 17 heteroatoms. The molecular weight excluding hydrogens is 818 g/mol. The Morgan fingerprint density at radius 3 is 2.39 bits per heavy atom. The van der Waals surface area contributed by atoms with Crippen LogP contribution in [0.15, 0.2) is 59.4 Å². The van der Waals surface area contributed by atoms with Gasteiger partial charge in [-0.15, -0.1) is 0 Å². The summed E-state index contributed by atoms with van der Waals surface area (Å²) >= 11 is 0. The summed E-state index contributed by atoms with van der Waals surface area (Å²) in [6.45, 7) is 16.2. The first-order chi connectivity index (χ1) is 30.7. The minimum Gasteiger partial charge on any atom is -0.495 e.